The Morgan fingerprint density at radius 1 is 1.26 bits per heavy atom. The number of nitrogens with zero attached hydrogens (tertiary/aromatic N) is 1. The summed E-state index contributed by atoms with van der Waals surface area (Å²) in [6, 6.07) is 7.57. The first-order valence-corrected chi connectivity index (χ1v) is 6.37. The van der Waals surface area contributed by atoms with E-state index in [1.54, 1.807) is 6.92 Å². The third kappa shape index (κ3) is 5.42. The zero-order valence-electron chi connectivity index (χ0n) is 11.6. The summed E-state index contributed by atoms with van der Waals surface area (Å²) in [6.45, 7) is 6.65. The molecule has 0 saturated heterocycles. The van der Waals surface area contributed by atoms with E-state index < -0.39 is 6.09 Å². The van der Waals surface area contributed by atoms with Crippen LogP contribution in [0.15, 0.2) is 29.4 Å². The zero-order valence-corrected chi connectivity index (χ0v) is 11.6. The molecule has 0 unspecified atom stereocenters. The number of rotatable bonds is 6. The van der Waals surface area contributed by atoms with Crippen LogP contribution >= 0.6 is 0 Å². The van der Waals surface area contributed by atoms with Gasteiger partial charge in [0.05, 0.1) is 18.9 Å². The third-order valence-electron chi connectivity index (χ3n) is 2.34. The molecule has 0 aliphatic heterocycles. The second kappa shape index (κ2) is 8.13. The van der Waals surface area contributed by atoms with Crippen molar-refractivity contribution in [2.75, 3.05) is 13.2 Å². The van der Waals surface area contributed by atoms with Crippen LogP contribution in [-0.4, -0.2) is 25.0 Å². The summed E-state index contributed by atoms with van der Waals surface area (Å²) in [4.78, 5) is 11.1. The maximum atomic E-state index is 11.1. The molecular weight excluding hydrogens is 244 g/mol. The second-order valence-corrected chi connectivity index (χ2v) is 3.90. The van der Waals surface area contributed by atoms with Crippen molar-refractivity contribution in [3.05, 3.63) is 29.8 Å². The minimum atomic E-state index is -0.551. The number of benzene rings is 1. The lowest BCUT2D eigenvalue weighted by molar-refractivity contribution is 0.152. The number of hydrogen-bond donors (Lipinski definition) is 1. The predicted molar refractivity (Wildman–Crippen MR) is 74.6 cm³/mol. The maximum Gasteiger partial charge on any atom is 0.427 e. The molecule has 104 valence electrons. The van der Waals surface area contributed by atoms with Gasteiger partial charge in [-0.25, -0.2) is 10.2 Å². The Morgan fingerprint density at radius 2 is 1.95 bits per heavy atom. The van der Waals surface area contributed by atoms with Crippen molar-refractivity contribution in [2.24, 2.45) is 5.10 Å². The zero-order chi connectivity index (χ0) is 14.1. The summed E-state index contributed by atoms with van der Waals surface area (Å²) in [5.41, 5.74) is 3.95. The molecule has 1 N–H and O–H groups in total. The molecule has 1 aromatic rings. The van der Waals surface area contributed by atoms with E-state index >= 15 is 0 Å². The molecule has 0 bridgehead atoms. The highest BCUT2D eigenvalue weighted by molar-refractivity contribution is 5.99. The number of carbonyl (C=O) groups is 1. The summed E-state index contributed by atoms with van der Waals surface area (Å²) in [6.07, 6.45) is 0.427. The molecule has 0 aliphatic rings. The summed E-state index contributed by atoms with van der Waals surface area (Å²) < 4.78 is 10.2. The molecule has 1 rings (SSSR count). The fourth-order valence-corrected chi connectivity index (χ4v) is 1.37. The van der Waals surface area contributed by atoms with Gasteiger partial charge in [0.2, 0.25) is 0 Å². The lowest BCUT2D eigenvalue weighted by Gasteiger charge is -2.06. The van der Waals surface area contributed by atoms with Crippen molar-refractivity contribution in [3.8, 4) is 5.75 Å². The Balaban J connectivity index is 2.59. The highest BCUT2D eigenvalue weighted by Gasteiger charge is 2.01. The molecule has 0 saturated carbocycles. The number of hydrogen-bond acceptors (Lipinski definition) is 4. The van der Waals surface area contributed by atoms with Gasteiger partial charge in [0, 0.05) is 0 Å². The standard InChI is InChI=1S/C14H20N2O3/c1-4-10-19-13-8-6-12(7-9-13)11(3)15-16-14(17)18-5-2/h6-9H,4-5,10H2,1-3H3,(H,16,17)/b15-11+. The highest BCUT2D eigenvalue weighted by atomic mass is 16.5. The number of amides is 1. The van der Waals surface area contributed by atoms with E-state index in [1.165, 1.54) is 0 Å². The van der Waals surface area contributed by atoms with Gasteiger partial charge in [-0.15, -0.1) is 0 Å². The average molecular weight is 264 g/mol. The lowest BCUT2D eigenvalue weighted by Crippen LogP contribution is -2.20. The predicted octanol–water partition coefficient (Wildman–Crippen LogP) is 2.95. The van der Waals surface area contributed by atoms with E-state index in [9.17, 15) is 4.79 Å². The molecule has 0 fully saturated rings. The van der Waals surface area contributed by atoms with Crippen molar-refractivity contribution in [2.45, 2.75) is 27.2 Å². The Bertz CT molecular complexity index is 427. The Kier molecular flexibility index (Phi) is 6.43. The van der Waals surface area contributed by atoms with Crippen LogP contribution in [0.5, 0.6) is 5.75 Å². The number of ether oxygens (including phenoxy) is 2. The third-order valence-corrected chi connectivity index (χ3v) is 2.34. The van der Waals surface area contributed by atoms with Crippen LogP contribution in [0.25, 0.3) is 0 Å². The van der Waals surface area contributed by atoms with Gasteiger partial charge in [-0.1, -0.05) is 6.92 Å². The van der Waals surface area contributed by atoms with Crippen molar-refractivity contribution in [1.82, 2.24) is 5.43 Å². The SMILES string of the molecule is CCCOc1ccc(/C(C)=N/NC(=O)OCC)cc1. The monoisotopic (exact) mass is 264 g/mol. The Hall–Kier alpha value is -2.04. The molecule has 0 radical (unpaired) electrons. The van der Waals surface area contributed by atoms with Crippen LogP contribution in [0.4, 0.5) is 4.79 Å². The van der Waals surface area contributed by atoms with E-state index in [0.29, 0.717) is 18.9 Å². The number of carbonyl (C=O) groups excluding carboxylic acids is 1. The number of hydrazone groups is 1. The summed E-state index contributed by atoms with van der Waals surface area (Å²) in [5, 5.41) is 3.96. The van der Waals surface area contributed by atoms with Crippen LogP contribution < -0.4 is 10.2 Å². The minimum absolute atomic E-state index is 0.323. The molecule has 19 heavy (non-hydrogen) atoms. The van der Waals surface area contributed by atoms with Crippen molar-refractivity contribution in [1.29, 1.82) is 0 Å². The summed E-state index contributed by atoms with van der Waals surface area (Å²) in [5.74, 6) is 0.830. The summed E-state index contributed by atoms with van der Waals surface area (Å²) >= 11 is 0. The van der Waals surface area contributed by atoms with Crippen LogP contribution in [-0.2, 0) is 4.74 Å². The number of nitrogens with one attached hydrogen (secondary N) is 1. The van der Waals surface area contributed by atoms with Gasteiger partial charge in [0.15, 0.2) is 0 Å². The Labute approximate surface area is 113 Å². The van der Waals surface area contributed by atoms with Crippen LogP contribution in [0.3, 0.4) is 0 Å². The molecule has 0 aliphatic carbocycles. The minimum Gasteiger partial charge on any atom is -0.494 e. The fourth-order valence-electron chi connectivity index (χ4n) is 1.37. The lowest BCUT2D eigenvalue weighted by atomic mass is 10.1. The van der Waals surface area contributed by atoms with Gasteiger partial charge in [-0.05, 0) is 50.1 Å². The molecule has 5 nitrogen and oxygen atoms in total. The van der Waals surface area contributed by atoms with Gasteiger partial charge >= 0.3 is 6.09 Å². The van der Waals surface area contributed by atoms with Gasteiger partial charge < -0.3 is 9.47 Å². The molecule has 1 amide bonds. The molecule has 0 heterocycles. The first-order valence-electron chi connectivity index (χ1n) is 6.37. The molecule has 0 aromatic heterocycles. The maximum absolute atomic E-state index is 11.1. The van der Waals surface area contributed by atoms with Crippen LogP contribution in [0, 0.1) is 0 Å². The van der Waals surface area contributed by atoms with Gasteiger partial charge in [-0.2, -0.15) is 5.10 Å². The highest BCUT2D eigenvalue weighted by Crippen LogP contribution is 2.13. The molecule has 0 atom stereocenters. The van der Waals surface area contributed by atoms with Crippen molar-refractivity contribution < 1.29 is 14.3 Å². The normalized spacial score (nSPS) is 11.0. The van der Waals surface area contributed by atoms with Gasteiger partial charge in [0.1, 0.15) is 5.75 Å². The topological polar surface area (TPSA) is 59.9 Å². The first kappa shape index (κ1) is 15.0. The summed E-state index contributed by atoms with van der Waals surface area (Å²) in [7, 11) is 0. The van der Waals surface area contributed by atoms with Crippen molar-refractivity contribution in [3.63, 3.8) is 0 Å². The van der Waals surface area contributed by atoms with Crippen LogP contribution in [0.2, 0.25) is 0 Å². The van der Waals surface area contributed by atoms with E-state index in [4.69, 9.17) is 9.47 Å². The van der Waals surface area contributed by atoms with E-state index in [2.05, 4.69) is 17.5 Å². The molecular formula is C14H20N2O3. The quantitative estimate of drug-likeness (QED) is 0.634. The molecule has 0 spiro atoms. The average Bonchev–Trinajstić information content (AvgIpc) is 2.43. The fraction of sp³-hybridized carbons (Fsp3) is 0.429. The van der Waals surface area contributed by atoms with Gasteiger partial charge in [-0.3, -0.25) is 0 Å². The van der Waals surface area contributed by atoms with E-state index in [1.807, 2.05) is 31.2 Å². The largest absolute Gasteiger partial charge is 0.494 e. The Morgan fingerprint density at radius 3 is 2.53 bits per heavy atom. The van der Waals surface area contributed by atoms with E-state index in [-0.39, 0.29) is 0 Å². The molecule has 5 heteroatoms. The smallest absolute Gasteiger partial charge is 0.427 e. The van der Waals surface area contributed by atoms with Gasteiger partial charge in [0.25, 0.3) is 0 Å². The molecule has 1 aromatic carbocycles. The van der Waals surface area contributed by atoms with E-state index in [0.717, 1.165) is 17.7 Å². The van der Waals surface area contributed by atoms with Crippen LogP contribution in [0.1, 0.15) is 32.8 Å². The second-order valence-electron chi connectivity index (χ2n) is 3.90. The van der Waals surface area contributed by atoms with Crippen molar-refractivity contribution >= 4 is 11.8 Å². The first-order chi connectivity index (χ1) is 9.17.